The molecule has 2 aromatic rings. The van der Waals surface area contributed by atoms with Gasteiger partial charge >= 0.3 is 6.18 Å². The largest absolute Gasteiger partial charge is 0.451 e. The van der Waals surface area contributed by atoms with Crippen molar-refractivity contribution >= 4 is 5.78 Å². The fourth-order valence-electron chi connectivity index (χ4n) is 2.97. The summed E-state index contributed by atoms with van der Waals surface area (Å²) < 4.78 is 79.4. The first-order valence-electron chi connectivity index (χ1n) is 8.24. The Morgan fingerprint density at radius 1 is 1.11 bits per heavy atom. The van der Waals surface area contributed by atoms with Gasteiger partial charge < -0.3 is 10.3 Å². The molecule has 1 atom stereocenters. The number of carbonyl (C=O) groups excluding carboxylic acids is 1. The van der Waals surface area contributed by atoms with E-state index in [1.54, 1.807) is 4.90 Å². The fourth-order valence-corrected chi connectivity index (χ4v) is 2.97. The number of Topliss-reactive ketones (excluding diaryl/α,β-unsaturated/α-hetero) is 1. The molecule has 1 aliphatic heterocycles. The van der Waals surface area contributed by atoms with Crippen molar-refractivity contribution in [2.75, 3.05) is 13.1 Å². The quantitative estimate of drug-likeness (QED) is 0.467. The Labute approximate surface area is 154 Å². The molecule has 12 heteroatoms. The molecule has 0 saturated heterocycles. The molecule has 1 unspecified atom stereocenters. The maximum absolute atomic E-state index is 13.7. The van der Waals surface area contributed by atoms with Crippen molar-refractivity contribution in [2.24, 2.45) is 5.73 Å². The third-order valence-electron chi connectivity index (χ3n) is 4.45. The van der Waals surface area contributed by atoms with Crippen molar-refractivity contribution < 1.29 is 31.1 Å². The third-order valence-corrected chi connectivity index (χ3v) is 4.45. The summed E-state index contributed by atoms with van der Waals surface area (Å²) in [5.41, 5.74) is 5.09. The molecular weight excluding hydrogens is 392 g/mol. The lowest BCUT2D eigenvalue weighted by atomic mass is 10.0. The second-order valence-corrected chi connectivity index (χ2v) is 6.37. The van der Waals surface area contributed by atoms with Crippen molar-refractivity contribution in [2.45, 2.75) is 31.7 Å². The number of nitrogens with two attached hydrogens (primary N) is 1. The van der Waals surface area contributed by atoms with Crippen LogP contribution in [0.25, 0.3) is 0 Å². The molecule has 0 fully saturated rings. The van der Waals surface area contributed by atoms with Gasteiger partial charge in [0.05, 0.1) is 18.2 Å². The minimum absolute atomic E-state index is 0.0121. The lowest BCUT2D eigenvalue weighted by Gasteiger charge is -2.28. The number of hydrogen-bond donors (Lipinski definition) is 1. The maximum atomic E-state index is 13.7. The van der Waals surface area contributed by atoms with Gasteiger partial charge in [-0.3, -0.25) is 9.69 Å². The zero-order valence-electron chi connectivity index (χ0n) is 14.3. The number of fused-ring (bicyclic) bond motifs is 1. The van der Waals surface area contributed by atoms with Crippen LogP contribution in [0, 0.1) is 17.5 Å². The molecule has 28 heavy (non-hydrogen) atoms. The molecule has 6 nitrogen and oxygen atoms in total. The second kappa shape index (κ2) is 7.51. The minimum Gasteiger partial charge on any atom is -0.321 e. The van der Waals surface area contributed by atoms with E-state index in [2.05, 4.69) is 10.2 Å². The van der Waals surface area contributed by atoms with Crippen molar-refractivity contribution in [3.8, 4) is 0 Å². The number of hydrogen-bond acceptors (Lipinski definition) is 5. The number of alkyl halides is 3. The van der Waals surface area contributed by atoms with Gasteiger partial charge in [-0.25, -0.2) is 13.2 Å². The number of benzene rings is 1. The Hall–Kier alpha value is -2.47. The zero-order valence-corrected chi connectivity index (χ0v) is 14.3. The topological polar surface area (TPSA) is 77.0 Å². The highest BCUT2D eigenvalue weighted by Crippen LogP contribution is 2.29. The molecule has 1 aliphatic rings. The van der Waals surface area contributed by atoms with Gasteiger partial charge in [0.25, 0.3) is 0 Å². The van der Waals surface area contributed by atoms with Crippen LogP contribution in [0.3, 0.4) is 0 Å². The average molecular weight is 407 g/mol. The van der Waals surface area contributed by atoms with Crippen LogP contribution in [0.2, 0.25) is 0 Å². The Kier molecular flexibility index (Phi) is 5.44. The van der Waals surface area contributed by atoms with Crippen LogP contribution in [-0.2, 0) is 19.3 Å². The summed E-state index contributed by atoms with van der Waals surface area (Å²) in [4.78, 5) is 13.9. The van der Waals surface area contributed by atoms with Gasteiger partial charge in [-0.05, 0) is 12.5 Å². The monoisotopic (exact) mass is 407 g/mol. The van der Waals surface area contributed by atoms with Gasteiger partial charge in [0.2, 0.25) is 5.82 Å². The number of ketones is 1. The highest BCUT2D eigenvalue weighted by atomic mass is 19.4. The summed E-state index contributed by atoms with van der Waals surface area (Å²) in [5.74, 6) is -5.83. The summed E-state index contributed by atoms with van der Waals surface area (Å²) in [7, 11) is 0. The van der Waals surface area contributed by atoms with Crippen molar-refractivity contribution in [1.82, 2.24) is 19.7 Å². The van der Waals surface area contributed by atoms with Crippen LogP contribution in [0.5, 0.6) is 0 Å². The van der Waals surface area contributed by atoms with Crippen LogP contribution in [-0.4, -0.2) is 44.6 Å². The predicted molar refractivity (Wildman–Crippen MR) is 83.5 cm³/mol. The Morgan fingerprint density at radius 2 is 1.79 bits per heavy atom. The van der Waals surface area contributed by atoms with Gasteiger partial charge in [0.15, 0.2) is 17.4 Å². The SMILES string of the molecule is NC(CCN1CCn2c(nnc2C(F)(F)F)C1)C(=O)c1cc(F)c(F)cc1F. The van der Waals surface area contributed by atoms with Crippen molar-refractivity contribution in [3.63, 3.8) is 0 Å². The van der Waals surface area contributed by atoms with E-state index in [1.807, 2.05) is 0 Å². The molecule has 0 radical (unpaired) electrons. The van der Waals surface area contributed by atoms with E-state index < -0.39 is 46.8 Å². The molecule has 0 bridgehead atoms. The van der Waals surface area contributed by atoms with Crippen LogP contribution in [0.4, 0.5) is 26.3 Å². The number of rotatable bonds is 5. The Morgan fingerprint density at radius 3 is 2.46 bits per heavy atom. The van der Waals surface area contributed by atoms with Gasteiger partial charge in [-0.1, -0.05) is 0 Å². The average Bonchev–Trinajstić information content (AvgIpc) is 3.05. The fraction of sp³-hybridized carbons (Fsp3) is 0.438. The summed E-state index contributed by atoms with van der Waals surface area (Å²) in [6.07, 6.45) is -4.56. The van der Waals surface area contributed by atoms with Gasteiger partial charge in [0.1, 0.15) is 11.6 Å². The summed E-state index contributed by atoms with van der Waals surface area (Å²) in [6, 6.07) is -0.468. The van der Waals surface area contributed by atoms with Crippen LogP contribution in [0.15, 0.2) is 12.1 Å². The number of aromatic nitrogens is 3. The third kappa shape index (κ3) is 4.02. The van der Waals surface area contributed by atoms with E-state index >= 15 is 0 Å². The highest BCUT2D eigenvalue weighted by molar-refractivity contribution is 6.00. The van der Waals surface area contributed by atoms with Crippen LogP contribution >= 0.6 is 0 Å². The summed E-state index contributed by atoms with van der Waals surface area (Å²) >= 11 is 0. The molecule has 0 aliphatic carbocycles. The van der Waals surface area contributed by atoms with Crippen LogP contribution < -0.4 is 5.73 Å². The van der Waals surface area contributed by atoms with Crippen molar-refractivity contribution in [3.05, 3.63) is 46.8 Å². The number of carbonyl (C=O) groups is 1. The lowest BCUT2D eigenvalue weighted by molar-refractivity contribution is -0.148. The molecule has 1 aromatic carbocycles. The van der Waals surface area contributed by atoms with E-state index in [9.17, 15) is 31.1 Å². The molecular formula is C16H15F6N5O. The molecule has 0 spiro atoms. The molecule has 1 aromatic heterocycles. The molecule has 2 heterocycles. The Balaban J connectivity index is 1.61. The maximum Gasteiger partial charge on any atom is 0.451 e. The van der Waals surface area contributed by atoms with Gasteiger partial charge in [-0.2, -0.15) is 13.2 Å². The van der Waals surface area contributed by atoms with Crippen molar-refractivity contribution in [1.29, 1.82) is 0 Å². The van der Waals surface area contributed by atoms with E-state index in [0.717, 1.165) is 4.57 Å². The smallest absolute Gasteiger partial charge is 0.321 e. The second-order valence-electron chi connectivity index (χ2n) is 6.37. The number of halogens is 6. The zero-order chi connectivity index (χ0) is 20.6. The summed E-state index contributed by atoms with van der Waals surface area (Å²) in [6.45, 7) is 0.544. The Bertz CT molecular complexity index is 896. The lowest BCUT2D eigenvalue weighted by Crippen LogP contribution is -2.40. The van der Waals surface area contributed by atoms with E-state index in [1.165, 1.54) is 0 Å². The minimum atomic E-state index is -4.60. The van der Waals surface area contributed by atoms with E-state index in [4.69, 9.17) is 5.73 Å². The van der Waals surface area contributed by atoms with E-state index in [0.29, 0.717) is 6.07 Å². The molecule has 0 amide bonds. The predicted octanol–water partition coefficient (Wildman–Crippen LogP) is 2.13. The highest BCUT2D eigenvalue weighted by Gasteiger charge is 2.39. The van der Waals surface area contributed by atoms with Gasteiger partial charge in [-0.15, -0.1) is 10.2 Å². The first-order valence-corrected chi connectivity index (χ1v) is 8.24. The molecule has 0 saturated carbocycles. The standard InChI is InChI=1S/C16H15F6N5O/c17-9-6-11(19)10(18)5-8(9)14(28)12(23)1-2-26-3-4-27-13(7-26)24-25-15(27)16(20,21)22/h5-6,12H,1-4,7,23H2. The number of nitrogens with zero attached hydrogens (tertiary/aromatic N) is 4. The molecule has 3 rings (SSSR count). The normalized spacial score (nSPS) is 16.1. The van der Waals surface area contributed by atoms with Crippen LogP contribution in [0.1, 0.15) is 28.4 Å². The molecule has 2 N–H and O–H groups in total. The first-order chi connectivity index (χ1) is 13.1. The van der Waals surface area contributed by atoms with E-state index in [-0.39, 0.29) is 44.5 Å². The first kappa shape index (κ1) is 20.3. The van der Waals surface area contributed by atoms with Gasteiger partial charge in [0, 0.05) is 25.7 Å². The summed E-state index contributed by atoms with van der Waals surface area (Å²) in [5, 5.41) is 6.71. The molecule has 152 valence electrons.